The van der Waals surface area contributed by atoms with E-state index in [0.717, 1.165) is 25.9 Å². The van der Waals surface area contributed by atoms with E-state index in [1.165, 1.54) is 4.90 Å². The molecule has 6 heteroatoms. The molecule has 6 nitrogen and oxygen atoms in total. The summed E-state index contributed by atoms with van der Waals surface area (Å²) in [5, 5.41) is 8.85. The minimum Gasteiger partial charge on any atom is -0.480 e. The smallest absolute Gasteiger partial charge is 0.323 e. The van der Waals surface area contributed by atoms with Crippen molar-refractivity contribution in [1.82, 2.24) is 4.90 Å². The van der Waals surface area contributed by atoms with Crippen LogP contribution in [0.3, 0.4) is 0 Å². The van der Waals surface area contributed by atoms with Crippen LogP contribution in [0, 0.1) is 0 Å². The summed E-state index contributed by atoms with van der Waals surface area (Å²) in [6.07, 6.45) is 3.16. The van der Waals surface area contributed by atoms with Gasteiger partial charge in [0.2, 0.25) is 5.91 Å². The number of ether oxygens (including phenoxy) is 2. The second-order valence-corrected chi connectivity index (χ2v) is 5.13. The molecule has 0 aromatic rings. The highest BCUT2D eigenvalue weighted by Gasteiger charge is 2.21. The van der Waals surface area contributed by atoms with Gasteiger partial charge in [0.15, 0.2) is 0 Å². The zero-order valence-corrected chi connectivity index (χ0v) is 12.3. The van der Waals surface area contributed by atoms with Gasteiger partial charge >= 0.3 is 5.97 Å². The van der Waals surface area contributed by atoms with Crippen molar-refractivity contribution in [3.8, 4) is 0 Å². The van der Waals surface area contributed by atoms with E-state index >= 15 is 0 Å². The molecule has 1 aliphatic rings. The van der Waals surface area contributed by atoms with Crippen LogP contribution >= 0.6 is 0 Å². The summed E-state index contributed by atoms with van der Waals surface area (Å²) < 4.78 is 10.9. The molecule has 0 spiro atoms. The molecule has 1 fully saturated rings. The van der Waals surface area contributed by atoms with Crippen LogP contribution in [0.5, 0.6) is 0 Å². The fraction of sp³-hybridized carbons (Fsp3) is 0.857. The van der Waals surface area contributed by atoms with Gasteiger partial charge in [0.25, 0.3) is 0 Å². The highest BCUT2D eigenvalue weighted by Crippen LogP contribution is 2.12. The molecule has 0 radical (unpaired) electrons. The number of rotatable bonds is 9. The number of carboxylic acids is 1. The monoisotopic (exact) mass is 287 g/mol. The average molecular weight is 287 g/mol. The third-order valence-electron chi connectivity index (χ3n) is 3.54. The first kappa shape index (κ1) is 16.9. The van der Waals surface area contributed by atoms with Crippen molar-refractivity contribution >= 4 is 11.9 Å². The molecule has 0 aliphatic carbocycles. The summed E-state index contributed by atoms with van der Waals surface area (Å²) in [7, 11) is 0. The molecule has 1 aliphatic heterocycles. The van der Waals surface area contributed by atoms with Gasteiger partial charge in [-0.2, -0.15) is 0 Å². The molecule has 1 rings (SSSR count). The fourth-order valence-electron chi connectivity index (χ4n) is 2.15. The van der Waals surface area contributed by atoms with Gasteiger partial charge in [-0.3, -0.25) is 9.59 Å². The minimum absolute atomic E-state index is 0.0724. The Balaban J connectivity index is 2.27. The lowest BCUT2D eigenvalue weighted by Gasteiger charge is -2.27. The summed E-state index contributed by atoms with van der Waals surface area (Å²) in [4.78, 5) is 24.2. The Morgan fingerprint density at radius 1 is 1.50 bits per heavy atom. The third-order valence-corrected chi connectivity index (χ3v) is 3.54. The van der Waals surface area contributed by atoms with Crippen LogP contribution < -0.4 is 0 Å². The molecule has 0 saturated carbocycles. The van der Waals surface area contributed by atoms with Crippen molar-refractivity contribution in [3.63, 3.8) is 0 Å². The van der Waals surface area contributed by atoms with Gasteiger partial charge in [-0.1, -0.05) is 6.92 Å². The molecule has 1 amide bonds. The summed E-state index contributed by atoms with van der Waals surface area (Å²) in [5.41, 5.74) is 0. The molecule has 2 unspecified atom stereocenters. The first-order valence-corrected chi connectivity index (χ1v) is 7.25. The van der Waals surface area contributed by atoms with Gasteiger partial charge in [-0.25, -0.2) is 0 Å². The van der Waals surface area contributed by atoms with E-state index in [9.17, 15) is 9.59 Å². The van der Waals surface area contributed by atoms with E-state index in [-0.39, 0.29) is 31.0 Å². The van der Waals surface area contributed by atoms with E-state index in [1.54, 1.807) is 0 Å². The number of hydrogen-bond donors (Lipinski definition) is 1. The Labute approximate surface area is 120 Å². The van der Waals surface area contributed by atoms with E-state index in [2.05, 4.69) is 0 Å². The first-order chi connectivity index (χ1) is 9.54. The van der Waals surface area contributed by atoms with Crippen molar-refractivity contribution in [3.05, 3.63) is 0 Å². The van der Waals surface area contributed by atoms with Gasteiger partial charge in [-0.15, -0.1) is 0 Å². The van der Waals surface area contributed by atoms with Crippen LogP contribution in [-0.2, 0) is 19.1 Å². The van der Waals surface area contributed by atoms with Crippen molar-refractivity contribution < 1.29 is 24.2 Å². The predicted molar refractivity (Wildman–Crippen MR) is 73.5 cm³/mol. The van der Waals surface area contributed by atoms with Crippen LogP contribution in [0.1, 0.15) is 39.5 Å². The van der Waals surface area contributed by atoms with Crippen LogP contribution in [0.25, 0.3) is 0 Å². The molecule has 1 saturated heterocycles. The maximum absolute atomic E-state index is 12.0. The number of carbonyl (C=O) groups is 2. The molecule has 116 valence electrons. The highest BCUT2D eigenvalue weighted by atomic mass is 16.5. The van der Waals surface area contributed by atoms with Crippen LogP contribution in [-0.4, -0.2) is 60.4 Å². The molecule has 0 bridgehead atoms. The zero-order chi connectivity index (χ0) is 15.0. The Kier molecular flexibility index (Phi) is 7.54. The number of amides is 1. The lowest BCUT2D eigenvalue weighted by Crippen LogP contribution is -2.42. The average Bonchev–Trinajstić information content (AvgIpc) is 2.92. The second-order valence-electron chi connectivity index (χ2n) is 5.13. The zero-order valence-electron chi connectivity index (χ0n) is 12.3. The number of carbonyl (C=O) groups excluding carboxylic acids is 1. The molecule has 0 aromatic heterocycles. The van der Waals surface area contributed by atoms with Gasteiger partial charge in [-0.05, 0) is 26.2 Å². The number of hydrogen-bond acceptors (Lipinski definition) is 4. The van der Waals surface area contributed by atoms with E-state index < -0.39 is 5.97 Å². The first-order valence-electron chi connectivity index (χ1n) is 7.25. The largest absolute Gasteiger partial charge is 0.480 e. The van der Waals surface area contributed by atoms with Gasteiger partial charge in [0.05, 0.1) is 25.7 Å². The molecule has 2 atom stereocenters. The summed E-state index contributed by atoms with van der Waals surface area (Å²) in [5.74, 6) is -1.16. The van der Waals surface area contributed by atoms with Gasteiger partial charge in [0.1, 0.15) is 6.54 Å². The molecular formula is C14H25NO5. The van der Waals surface area contributed by atoms with Crippen molar-refractivity contribution in [2.45, 2.75) is 51.7 Å². The van der Waals surface area contributed by atoms with Crippen LogP contribution in [0.4, 0.5) is 0 Å². The maximum Gasteiger partial charge on any atom is 0.323 e. The van der Waals surface area contributed by atoms with E-state index in [0.29, 0.717) is 13.2 Å². The number of aliphatic carboxylic acids is 1. The lowest BCUT2D eigenvalue weighted by molar-refractivity contribution is -0.146. The number of carboxylic acid groups (broad SMARTS) is 1. The molecule has 20 heavy (non-hydrogen) atoms. The second kappa shape index (κ2) is 8.92. The van der Waals surface area contributed by atoms with Gasteiger partial charge < -0.3 is 19.5 Å². The quantitative estimate of drug-likeness (QED) is 0.647. The van der Waals surface area contributed by atoms with Crippen molar-refractivity contribution in [2.24, 2.45) is 0 Å². The third kappa shape index (κ3) is 5.88. The molecule has 1 heterocycles. The number of nitrogens with zero attached hydrogens (tertiary/aromatic N) is 1. The maximum atomic E-state index is 12.0. The standard InChI is InChI=1S/C14H25NO5/c1-3-11(2)15(9-14(17)18)13(16)6-8-19-10-12-5-4-7-20-12/h11-12H,3-10H2,1-2H3,(H,17,18). The van der Waals surface area contributed by atoms with E-state index in [4.69, 9.17) is 14.6 Å². The Hall–Kier alpha value is -1.14. The Morgan fingerprint density at radius 3 is 2.80 bits per heavy atom. The lowest BCUT2D eigenvalue weighted by atomic mass is 10.2. The molecule has 1 N–H and O–H groups in total. The summed E-state index contributed by atoms with van der Waals surface area (Å²) >= 11 is 0. The Bertz CT molecular complexity index is 315. The Morgan fingerprint density at radius 2 is 2.25 bits per heavy atom. The molecule has 0 aromatic carbocycles. The molecular weight excluding hydrogens is 262 g/mol. The SMILES string of the molecule is CCC(C)N(CC(=O)O)C(=O)CCOCC1CCCO1. The highest BCUT2D eigenvalue weighted by molar-refractivity contribution is 5.81. The topological polar surface area (TPSA) is 76.1 Å². The minimum atomic E-state index is -0.987. The van der Waals surface area contributed by atoms with Crippen LogP contribution in [0.15, 0.2) is 0 Å². The predicted octanol–water partition coefficient (Wildman–Crippen LogP) is 1.28. The van der Waals surface area contributed by atoms with Gasteiger partial charge in [0, 0.05) is 12.6 Å². The summed E-state index contributed by atoms with van der Waals surface area (Å²) in [6.45, 7) is 5.14. The fourth-order valence-corrected chi connectivity index (χ4v) is 2.15. The van der Waals surface area contributed by atoms with Crippen LogP contribution in [0.2, 0.25) is 0 Å². The normalized spacial score (nSPS) is 19.8. The van der Waals surface area contributed by atoms with E-state index in [1.807, 2.05) is 13.8 Å². The summed E-state index contributed by atoms with van der Waals surface area (Å²) in [6, 6.07) is -0.0724. The van der Waals surface area contributed by atoms with Crippen molar-refractivity contribution in [2.75, 3.05) is 26.4 Å². The van der Waals surface area contributed by atoms with Crippen molar-refractivity contribution in [1.29, 1.82) is 0 Å².